The minimum absolute atomic E-state index is 0.000623. The number of nitrogens with zero attached hydrogens (tertiary/aromatic N) is 4. The average molecular weight is 467 g/mol. The zero-order valence-electron chi connectivity index (χ0n) is 17.2. The molecule has 2 atom stereocenters. The van der Waals surface area contributed by atoms with E-state index in [1.165, 1.54) is 0 Å². The van der Waals surface area contributed by atoms with E-state index in [0.29, 0.717) is 57.0 Å². The molecule has 3 saturated heterocycles. The fraction of sp³-hybridized carbons (Fsp3) is 0.600. The molecule has 0 aliphatic carbocycles. The maximum atomic E-state index is 13.3. The standard InChI is InChI=1S/C20H26N4O5S2/c25-20(23-11-9-22(10-12-23)15-7-13-30(26,27)14-15)17-5-3-8-24(17)19-16-4-1-2-6-18(16)31(28,29)21-19/h1-2,4,6,15,17H,3,5,7-14H2. The number of sulfone groups is 1. The van der Waals surface area contributed by atoms with Crippen LogP contribution in [0.25, 0.3) is 0 Å². The van der Waals surface area contributed by atoms with Crippen LogP contribution in [0.1, 0.15) is 24.8 Å². The molecular formula is C20H26N4O5S2. The summed E-state index contributed by atoms with van der Waals surface area (Å²) in [5, 5.41) is 0. The van der Waals surface area contributed by atoms with Crippen molar-refractivity contribution in [2.24, 2.45) is 4.40 Å². The van der Waals surface area contributed by atoms with Crippen molar-refractivity contribution >= 4 is 31.6 Å². The van der Waals surface area contributed by atoms with Crippen molar-refractivity contribution in [2.75, 3.05) is 44.2 Å². The Labute approximate surface area is 182 Å². The van der Waals surface area contributed by atoms with E-state index >= 15 is 0 Å². The first-order valence-corrected chi connectivity index (χ1v) is 14.0. The summed E-state index contributed by atoms with van der Waals surface area (Å²) < 4.78 is 52.5. The van der Waals surface area contributed by atoms with Crippen LogP contribution in [-0.2, 0) is 24.7 Å². The molecule has 1 amide bonds. The van der Waals surface area contributed by atoms with E-state index in [1.54, 1.807) is 24.3 Å². The van der Waals surface area contributed by atoms with Crippen LogP contribution in [0.2, 0.25) is 0 Å². The van der Waals surface area contributed by atoms with Gasteiger partial charge in [0.15, 0.2) is 15.7 Å². The molecule has 11 heteroatoms. The van der Waals surface area contributed by atoms with Gasteiger partial charge in [0.2, 0.25) is 5.91 Å². The van der Waals surface area contributed by atoms with Gasteiger partial charge in [-0.15, -0.1) is 4.40 Å². The molecule has 1 aromatic rings. The highest BCUT2D eigenvalue weighted by Gasteiger charge is 2.41. The van der Waals surface area contributed by atoms with Crippen LogP contribution in [0.4, 0.5) is 0 Å². The minimum atomic E-state index is -3.73. The van der Waals surface area contributed by atoms with Crippen molar-refractivity contribution in [3.8, 4) is 0 Å². The monoisotopic (exact) mass is 466 g/mol. The Bertz CT molecular complexity index is 1140. The number of hydrogen-bond acceptors (Lipinski definition) is 7. The van der Waals surface area contributed by atoms with E-state index < -0.39 is 25.9 Å². The third-order valence-electron chi connectivity index (χ3n) is 6.77. The highest BCUT2D eigenvalue weighted by Crippen LogP contribution is 2.32. The van der Waals surface area contributed by atoms with Gasteiger partial charge in [0, 0.05) is 44.3 Å². The number of fused-ring (bicyclic) bond motifs is 1. The first-order valence-electron chi connectivity index (χ1n) is 10.7. The van der Waals surface area contributed by atoms with E-state index in [0.717, 1.165) is 6.42 Å². The van der Waals surface area contributed by atoms with Gasteiger partial charge in [-0.05, 0) is 31.4 Å². The van der Waals surface area contributed by atoms with Gasteiger partial charge in [0.25, 0.3) is 10.0 Å². The molecule has 4 heterocycles. The van der Waals surface area contributed by atoms with E-state index in [9.17, 15) is 21.6 Å². The molecule has 0 bridgehead atoms. The molecule has 3 fully saturated rings. The van der Waals surface area contributed by atoms with E-state index in [4.69, 9.17) is 0 Å². The molecule has 0 aromatic heterocycles. The van der Waals surface area contributed by atoms with E-state index in [-0.39, 0.29) is 28.4 Å². The summed E-state index contributed by atoms with van der Waals surface area (Å²) in [6, 6.07) is 6.39. The number of benzene rings is 1. The van der Waals surface area contributed by atoms with Crippen molar-refractivity contribution in [3.05, 3.63) is 29.8 Å². The summed E-state index contributed by atoms with van der Waals surface area (Å²) in [5.41, 5.74) is 0.564. The number of amidine groups is 1. The quantitative estimate of drug-likeness (QED) is 0.601. The molecule has 31 heavy (non-hydrogen) atoms. The molecule has 2 unspecified atom stereocenters. The summed E-state index contributed by atoms with van der Waals surface area (Å²) in [6.45, 7) is 3.04. The molecule has 9 nitrogen and oxygen atoms in total. The number of carbonyl (C=O) groups is 1. The molecule has 168 valence electrons. The Kier molecular flexibility index (Phi) is 5.10. The summed E-state index contributed by atoms with van der Waals surface area (Å²) in [5.74, 6) is 0.840. The zero-order chi connectivity index (χ0) is 21.8. The van der Waals surface area contributed by atoms with Crippen molar-refractivity contribution in [3.63, 3.8) is 0 Å². The first kappa shape index (κ1) is 20.9. The fourth-order valence-corrected chi connectivity index (χ4v) is 8.13. The topological polar surface area (TPSA) is 107 Å². The number of amides is 1. The van der Waals surface area contributed by atoms with Crippen LogP contribution in [-0.4, -0.2) is 99.6 Å². The Hall–Kier alpha value is -1.98. The summed E-state index contributed by atoms with van der Waals surface area (Å²) in [6.07, 6.45) is 2.14. The van der Waals surface area contributed by atoms with Crippen molar-refractivity contribution in [1.82, 2.24) is 14.7 Å². The predicted octanol–water partition coefficient (Wildman–Crippen LogP) is -0.0688. The minimum Gasteiger partial charge on any atom is -0.343 e. The number of sulfonamides is 1. The molecule has 4 aliphatic rings. The second-order valence-corrected chi connectivity index (χ2v) is 12.5. The van der Waals surface area contributed by atoms with Crippen LogP contribution in [0.15, 0.2) is 33.6 Å². The molecular weight excluding hydrogens is 440 g/mol. The Morgan fingerprint density at radius 1 is 0.968 bits per heavy atom. The van der Waals surface area contributed by atoms with Gasteiger partial charge in [-0.25, -0.2) is 8.42 Å². The lowest BCUT2D eigenvalue weighted by atomic mass is 10.1. The maximum Gasteiger partial charge on any atom is 0.285 e. The normalized spacial score (nSPS) is 29.7. The van der Waals surface area contributed by atoms with Gasteiger partial charge >= 0.3 is 0 Å². The Balaban J connectivity index is 1.29. The van der Waals surface area contributed by atoms with Crippen molar-refractivity contribution < 1.29 is 21.6 Å². The van der Waals surface area contributed by atoms with Gasteiger partial charge < -0.3 is 9.80 Å². The molecule has 0 spiro atoms. The SMILES string of the molecule is O=C(C1CCCN1C1=NS(=O)(=O)c2ccccc21)N1CCN(C2CCS(=O)(=O)C2)CC1. The van der Waals surface area contributed by atoms with Crippen LogP contribution < -0.4 is 0 Å². The lowest BCUT2D eigenvalue weighted by Gasteiger charge is -2.39. The molecule has 0 radical (unpaired) electrons. The lowest BCUT2D eigenvalue weighted by Crippen LogP contribution is -2.56. The summed E-state index contributed by atoms with van der Waals surface area (Å²) in [7, 11) is -6.66. The number of likely N-dealkylation sites (tertiary alicyclic amines) is 1. The maximum absolute atomic E-state index is 13.3. The highest BCUT2D eigenvalue weighted by molar-refractivity contribution is 7.91. The Morgan fingerprint density at radius 3 is 2.42 bits per heavy atom. The third kappa shape index (κ3) is 3.76. The largest absolute Gasteiger partial charge is 0.343 e. The molecule has 4 aliphatic heterocycles. The Morgan fingerprint density at radius 2 is 1.71 bits per heavy atom. The first-order chi connectivity index (χ1) is 14.8. The summed E-state index contributed by atoms with van der Waals surface area (Å²) >= 11 is 0. The number of rotatable bonds is 2. The predicted molar refractivity (Wildman–Crippen MR) is 115 cm³/mol. The average Bonchev–Trinajstić information content (AvgIpc) is 3.44. The number of hydrogen-bond donors (Lipinski definition) is 0. The smallest absolute Gasteiger partial charge is 0.285 e. The lowest BCUT2D eigenvalue weighted by molar-refractivity contribution is -0.136. The highest BCUT2D eigenvalue weighted by atomic mass is 32.2. The number of piperazine rings is 1. The van der Waals surface area contributed by atoms with E-state index in [1.807, 2.05) is 9.80 Å². The van der Waals surface area contributed by atoms with E-state index in [2.05, 4.69) is 9.30 Å². The molecule has 0 N–H and O–H groups in total. The van der Waals surface area contributed by atoms with Crippen LogP contribution in [0, 0.1) is 0 Å². The van der Waals surface area contributed by atoms with Crippen LogP contribution in [0.5, 0.6) is 0 Å². The fourth-order valence-electron chi connectivity index (χ4n) is 5.15. The van der Waals surface area contributed by atoms with Crippen LogP contribution in [0.3, 0.4) is 0 Å². The van der Waals surface area contributed by atoms with Gasteiger partial charge in [-0.1, -0.05) is 12.1 Å². The van der Waals surface area contributed by atoms with Gasteiger partial charge in [0.05, 0.1) is 11.5 Å². The molecule has 5 rings (SSSR count). The van der Waals surface area contributed by atoms with Gasteiger partial charge in [-0.2, -0.15) is 8.42 Å². The van der Waals surface area contributed by atoms with Gasteiger partial charge in [0.1, 0.15) is 10.9 Å². The second-order valence-electron chi connectivity index (χ2n) is 8.66. The zero-order valence-corrected chi connectivity index (χ0v) is 18.8. The number of carbonyl (C=O) groups excluding carboxylic acids is 1. The van der Waals surface area contributed by atoms with Crippen LogP contribution >= 0.6 is 0 Å². The molecule has 1 aromatic carbocycles. The third-order valence-corrected chi connectivity index (χ3v) is 9.85. The van der Waals surface area contributed by atoms with Crippen molar-refractivity contribution in [2.45, 2.75) is 36.2 Å². The molecule has 0 saturated carbocycles. The summed E-state index contributed by atoms with van der Waals surface area (Å²) in [4.78, 5) is 19.4. The second kappa shape index (κ2) is 7.56. The van der Waals surface area contributed by atoms with Gasteiger partial charge in [-0.3, -0.25) is 9.69 Å². The van der Waals surface area contributed by atoms with Crippen molar-refractivity contribution in [1.29, 1.82) is 0 Å².